The van der Waals surface area contributed by atoms with Crippen LogP contribution in [0.15, 0.2) is 22.6 Å². The van der Waals surface area contributed by atoms with Gasteiger partial charge in [-0.1, -0.05) is 12.8 Å². The normalized spacial score (nSPS) is 22.5. The van der Waals surface area contributed by atoms with E-state index in [4.69, 9.17) is 9.15 Å². The number of nitrogens with zero attached hydrogens (tertiary/aromatic N) is 1. The average molecular weight is 373 g/mol. The van der Waals surface area contributed by atoms with E-state index in [1.807, 2.05) is 4.90 Å². The maximum Gasteiger partial charge on any atom is 0.375 e. The lowest BCUT2D eigenvalue weighted by atomic mass is 9.78. The largest absolute Gasteiger partial charge is 0.450 e. The fraction of sp³-hybridized carbons (Fsp3) is 0.524. The van der Waals surface area contributed by atoms with Gasteiger partial charge in [-0.25, -0.2) is 9.18 Å². The molecule has 0 N–H and O–H groups in total. The number of hydrogen-bond acceptors (Lipinski definition) is 4. The van der Waals surface area contributed by atoms with Gasteiger partial charge in [-0.3, -0.25) is 4.79 Å². The number of ether oxygens (including phenoxy) is 1. The minimum absolute atomic E-state index is 0.0255. The second-order valence-corrected chi connectivity index (χ2v) is 7.61. The Morgan fingerprint density at radius 1 is 1.22 bits per heavy atom. The first-order chi connectivity index (χ1) is 13.0. The minimum Gasteiger partial charge on any atom is -0.450 e. The summed E-state index contributed by atoms with van der Waals surface area (Å²) in [4.78, 5) is 27.0. The van der Waals surface area contributed by atoms with Crippen molar-refractivity contribution in [1.82, 2.24) is 4.90 Å². The van der Waals surface area contributed by atoms with Crippen molar-refractivity contribution in [2.24, 2.45) is 5.92 Å². The predicted octanol–water partition coefficient (Wildman–Crippen LogP) is 4.22. The van der Waals surface area contributed by atoms with Crippen LogP contribution in [0.1, 0.15) is 54.6 Å². The summed E-state index contributed by atoms with van der Waals surface area (Å²) in [6.07, 6.45) is 6.81. The number of furan rings is 1. The molecule has 1 amide bonds. The molecule has 1 aromatic heterocycles. The van der Waals surface area contributed by atoms with Gasteiger partial charge in [-0.05, 0) is 56.7 Å². The molecule has 1 aromatic carbocycles. The molecule has 4 rings (SSSR count). The minimum atomic E-state index is -0.685. The van der Waals surface area contributed by atoms with Gasteiger partial charge in [0.15, 0.2) is 6.61 Å². The maximum absolute atomic E-state index is 13.4. The van der Waals surface area contributed by atoms with Crippen LogP contribution in [0.3, 0.4) is 0 Å². The highest BCUT2D eigenvalue weighted by Gasteiger charge is 2.36. The van der Waals surface area contributed by atoms with Crippen molar-refractivity contribution in [3.8, 4) is 0 Å². The van der Waals surface area contributed by atoms with E-state index in [1.165, 1.54) is 37.5 Å². The molecular formula is C21H24FNO4. The molecule has 0 bridgehead atoms. The maximum atomic E-state index is 13.4. The topological polar surface area (TPSA) is 59.8 Å². The second kappa shape index (κ2) is 7.33. The lowest BCUT2D eigenvalue weighted by Crippen LogP contribution is -2.50. The van der Waals surface area contributed by atoms with Crippen LogP contribution in [0, 0.1) is 18.7 Å². The Hall–Kier alpha value is -2.37. The summed E-state index contributed by atoms with van der Waals surface area (Å²) in [6, 6.07) is 4.37. The van der Waals surface area contributed by atoms with Gasteiger partial charge < -0.3 is 14.1 Å². The number of piperidine rings is 1. The van der Waals surface area contributed by atoms with Gasteiger partial charge in [0, 0.05) is 23.5 Å². The van der Waals surface area contributed by atoms with Crippen molar-refractivity contribution in [2.75, 3.05) is 13.2 Å². The highest BCUT2D eigenvalue weighted by molar-refractivity contribution is 5.96. The van der Waals surface area contributed by atoms with Crippen LogP contribution in [-0.2, 0) is 9.53 Å². The number of carbonyl (C=O) groups excluding carboxylic acids is 2. The van der Waals surface area contributed by atoms with E-state index >= 15 is 0 Å². The number of rotatable bonds is 3. The van der Waals surface area contributed by atoms with Crippen LogP contribution in [-0.4, -0.2) is 36.0 Å². The number of halogens is 1. The number of esters is 1. The van der Waals surface area contributed by atoms with Crippen LogP contribution in [0.2, 0.25) is 0 Å². The summed E-state index contributed by atoms with van der Waals surface area (Å²) in [5.41, 5.74) is 0.945. The van der Waals surface area contributed by atoms with Crippen molar-refractivity contribution in [2.45, 2.75) is 51.5 Å². The molecule has 1 aliphatic heterocycles. The zero-order valence-electron chi connectivity index (χ0n) is 15.5. The van der Waals surface area contributed by atoms with Gasteiger partial charge in [-0.2, -0.15) is 0 Å². The Kier molecular flexibility index (Phi) is 4.89. The molecule has 0 radical (unpaired) electrons. The zero-order valence-corrected chi connectivity index (χ0v) is 15.5. The van der Waals surface area contributed by atoms with Crippen LogP contribution >= 0.6 is 0 Å². The fourth-order valence-corrected chi connectivity index (χ4v) is 4.60. The number of hydrogen-bond donors (Lipinski definition) is 0. The van der Waals surface area contributed by atoms with Gasteiger partial charge in [0.05, 0.1) is 0 Å². The molecule has 2 fully saturated rings. The van der Waals surface area contributed by atoms with E-state index in [0.717, 1.165) is 25.8 Å². The second-order valence-electron chi connectivity index (χ2n) is 7.61. The summed E-state index contributed by atoms with van der Waals surface area (Å²) < 4.78 is 24.2. The summed E-state index contributed by atoms with van der Waals surface area (Å²) in [5, 5.41) is 0.536. The van der Waals surface area contributed by atoms with E-state index < -0.39 is 11.8 Å². The highest BCUT2D eigenvalue weighted by atomic mass is 19.1. The molecule has 27 heavy (non-hydrogen) atoms. The van der Waals surface area contributed by atoms with Gasteiger partial charge in [-0.15, -0.1) is 0 Å². The van der Waals surface area contributed by atoms with Crippen molar-refractivity contribution >= 4 is 22.8 Å². The molecular weight excluding hydrogens is 349 g/mol. The Balaban J connectivity index is 1.43. The third-order valence-electron chi connectivity index (χ3n) is 5.97. The van der Waals surface area contributed by atoms with Crippen LogP contribution < -0.4 is 0 Å². The van der Waals surface area contributed by atoms with E-state index in [9.17, 15) is 14.0 Å². The molecule has 144 valence electrons. The van der Waals surface area contributed by atoms with Crippen molar-refractivity contribution in [3.63, 3.8) is 0 Å². The van der Waals surface area contributed by atoms with Crippen LogP contribution in [0.4, 0.5) is 4.39 Å². The predicted molar refractivity (Wildman–Crippen MR) is 97.9 cm³/mol. The molecule has 1 saturated heterocycles. The first-order valence-electron chi connectivity index (χ1n) is 9.70. The molecule has 2 aromatic rings. The Morgan fingerprint density at radius 3 is 2.85 bits per heavy atom. The molecule has 0 spiro atoms. The number of fused-ring (bicyclic) bond motifs is 2. The van der Waals surface area contributed by atoms with E-state index in [1.54, 1.807) is 6.92 Å². The first-order valence-corrected chi connectivity index (χ1v) is 9.70. The quantitative estimate of drug-likeness (QED) is 0.756. The summed E-state index contributed by atoms with van der Waals surface area (Å²) in [6.45, 7) is 2.13. The first kappa shape index (κ1) is 18.0. The lowest BCUT2D eigenvalue weighted by Gasteiger charge is -2.44. The van der Waals surface area contributed by atoms with Gasteiger partial charge in [0.1, 0.15) is 11.4 Å². The molecule has 2 heterocycles. The van der Waals surface area contributed by atoms with Crippen molar-refractivity contribution in [1.29, 1.82) is 0 Å². The third-order valence-corrected chi connectivity index (χ3v) is 5.97. The Morgan fingerprint density at radius 2 is 2.00 bits per heavy atom. The third kappa shape index (κ3) is 3.45. The van der Waals surface area contributed by atoms with E-state index in [-0.39, 0.29) is 24.3 Å². The number of likely N-dealkylation sites (tertiary alicyclic amines) is 1. The number of aryl methyl sites for hydroxylation is 1. The van der Waals surface area contributed by atoms with Crippen LogP contribution in [0.5, 0.6) is 0 Å². The molecule has 1 saturated carbocycles. The van der Waals surface area contributed by atoms with Gasteiger partial charge in [0.2, 0.25) is 5.76 Å². The molecule has 0 unspecified atom stereocenters. The molecule has 2 aliphatic rings. The standard InChI is InChI=1S/C21H24FNO4/c1-13-16-11-15(22)8-9-18(16)27-20(13)21(25)26-12-19(24)23-10-4-6-14-5-2-3-7-17(14)23/h8-9,11,14,17H,2-7,10,12H2,1H3/t14-,17+/m0/s1. The molecule has 5 nitrogen and oxygen atoms in total. The van der Waals surface area contributed by atoms with Crippen molar-refractivity contribution < 1.29 is 23.1 Å². The van der Waals surface area contributed by atoms with Gasteiger partial charge >= 0.3 is 5.97 Å². The number of carbonyl (C=O) groups is 2. The van der Waals surface area contributed by atoms with Crippen LogP contribution in [0.25, 0.3) is 11.0 Å². The number of amides is 1. The van der Waals surface area contributed by atoms with E-state index in [0.29, 0.717) is 22.5 Å². The van der Waals surface area contributed by atoms with Crippen molar-refractivity contribution in [3.05, 3.63) is 35.3 Å². The monoisotopic (exact) mass is 373 g/mol. The SMILES string of the molecule is Cc1c(C(=O)OCC(=O)N2CCC[C@@H]3CCCC[C@H]32)oc2ccc(F)cc12. The Labute approximate surface area is 157 Å². The average Bonchev–Trinajstić information content (AvgIpc) is 3.01. The smallest absolute Gasteiger partial charge is 0.375 e. The summed E-state index contributed by atoms with van der Waals surface area (Å²) in [5.74, 6) is -0.611. The fourth-order valence-electron chi connectivity index (χ4n) is 4.60. The zero-order chi connectivity index (χ0) is 19.0. The highest BCUT2D eigenvalue weighted by Crippen LogP contribution is 2.35. The summed E-state index contributed by atoms with van der Waals surface area (Å²) in [7, 11) is 0. The van der Waals surface area contributed by atoms with Gasteiger partial charge in [0.25, 0.3) is 5.91 Å². The number of benzene rings is 1. The molecule has 6 heteroatoms. The molecule has 2 atom stereocenters. The Bertz CT molecular complexity index is 872. The summed E-state index contributed by atoms with van der Waals surface area (Å²) >= 11 is 0. The van der Waals surface area contributed by atoms with E-state index in [2.05, 4.69) is 0 Å². The lowest BCUT2D eigenvalue weighted by molar-refractivity contribution is -0.140. The molecule has 1 aliphatic carbocycles.